The number of ether oxygens (including phenoxy) is 1. The zero-order chi connectivity index (χ0) is 25.9. The molecule has 0 aliphatic heterocycles. The maximum Gasteiger partial charge on any atom is 0.262 e. The zero-order valence-electron chi connectivity index (χ0n) is 20.0. The Hall–Kier alpha value is -3.81. The third kappa shape index (κ3) is 5.87. The Bertz CT molecular complexity index is 1540. The molecule has 0 spiro atoms. The van der Waals surface area contributed by atoms with Crippen LogP contribution in [0.15, 0.2) is 89.8 Å². The first-order valence-corrected chi connectivity index (χ1v) is 13.0. The second-order valence-corrected chi connectivity index (χ2v) is 10.5. The molecule has 0 aliphatic rings. The van der Waals surface area contributed by atoms with Crippen LogP contribution in [0.3, 0.4) is 0 Å². The highest BCUT2D eigenvalue weighted by Gasteiger charge is 2.20. The Balaban J connectivity index is 1.60. The number of hydrogen-bond acceptors (Lipinski definition) is 4. The summed E-state index contributed by atoms with van der Waals surface area (Å²) in [6.45, 7) is 5.55. The predicted molar refractivity (Wildman–Crippen MR) is 144 cm³/mol. The van der Waals surface area contributed by atoms with Crippen molar-refractivity contribution in [3.8, 4) is 11.5 Å². The molecular weight excluding hydrogens is 496 g/mol. The molecule has 4 aromatic rings. The average molecular weight is 521 g/mol. The van der Waals surface area contributed by atoms with Crippen molar-refractivity contribution in [2.75, 3.05) is 10.0 Å². The number of para-hydroxylation sites is 1. The van der Waals surface area contributed by atoms with Crippen molar-refractivity contribution in [1.82, 2.24) is 0 Å². The van der Waals surface area contributed by atoms with Gasteiger partial charge in [0.05, 0.1) is 10.6 Å². The summed E-state index contributed by atoms with van der Waals surface area (Å²) in [7, 11) is -3.93. The molecule has 0 saturated carbocycles. The van der Waals surface area contributed by atoms with E-state index in [0.717, 1.165) is 11.1 Å². The fourth-order valence-corrected chi connectivity index (χ4v) is 5.04. The van der Waals surface area contributed by atoms with Gasteiger partial charge in [0.15, 0.2) is 5.75 Å². The van der Waals surface area contributed by atoms with Crippen LogP contribution in [0.2, 0.25) is 5.02 Å². The third-order valence-electron chi connectivity index (χ3n) is 5.66. The summed E-state index contributed by atoms with van der Waals surface area (Å²) < 4.78 is 34.9. The van der Waals surface area contributed by atoms with Crippen molar-refractivity contribution in [2.45, 2.75) is 25.7 Å². The van der Waals surface area contributed by atoms with Crippen LogP contribution in [0, 0.1) is 20.8 Å². The number of nitrogens with one attached hydrogen (secondary N) is 2. The van der Waals surface area contributed by atoms with Crippen LogP contribution in [0.1, 0.15) is 27.0 Å². The average Bonchev–Trinajstić information content (AvgIpc) is 2.84. The molecule has 8 heteroatoms. The van der Waals surface area contributed by atoms with E-state index in [9.17, 15) is 13.2 Å². The topological polar surface area (TPSA) is 84.5 Å². The van der Waals surface area contributed by atoms with Gasteiger partial charge in [0.25, 0.3) is 15.9 Å². The number of anilines is 2. The van der Waals surface area contributed by atoms with Crippen LogP contribution >= 0.6 is 11.6 Å². The van der Waals surface area contributed by atoms with Crippen LogP contribution in [0.5, 0.6) is 11.5 Å². The number of carbonyl (C=O) groups is 1. The van der Waals surface area contributed by atoms with Crippen LogP contribution in [0.25, 0.3) is 0 Å². The summed E-state index contributed by atoms with van der Waals surface area (Å²) >= 11 is 6.16. The summed E-state index contributed by atoms with van der Waals surface area (Å²) in [5, 5.41) is 3.20. The minimum atomic E-state index is -3.93. The van der Waals surface area contributed by atoms with Gasteiger partial charge in [-0.2, -0.15) is 0 Å². The van der Waals surface area contributed by atoms with Crippen LogP contribution < -0.4 is 14.8 Å². The SMILES string of the molecule is Cc1ccc(NS(=O)(=O)c2cc(C(=O)Nc3cc(Cl)ccc3Oc3ccccc3)ccc2C)cc1C. The Morgan fingerprint density at radius 1 is 0.806 bits per heavy atom. The van der Waals surface area contributed by atoms with E-state index in [2.05, 4.69) is 10.0 Å². The molecule has 36 heavy (non-hydrogen) atoms. The van der Waals surface area contributed by atoms with E-state index in [4.69, 9.17) is 16.3 Å². The van der Waals surface area contributed by atoms with Crippen molar-refractivity contribution in [3.05, 3.63) is 112 Å². The van der Waals surface area contributed by atoms with Crippen molar-refractivity contribution in [1.29, 1.82) is 0 Å². The van der Waals surface area contributed by atoms with E-state index < -0.39 is 15.9 Å². The summed E-state index contributed by atoms with van der Waals surface area (Å²) in [5.41, 5.74) is 3.52. The molecular formula is C28H25ClN2O4S. The van der Waals surface area contributed by atoms with Crippen LogP contribution in [-0.4, -0.2) is 14.3 Å². The number of aryl methyl sites for hydroxylation is 3. The Labute approximate surface area is 216 Å². The zero-order valence-corrected chi connectivity index (χ0v) is 21.6. The van der Waals surface area contributed by atoms with Crippen molar-refractivity contribution in [2.24, 2.45) is 0 Å². The second-order valence-electron chi connectivity index (χ2n) is 8.39. The highest BCUT2D eigenvalue weighted by Crippen LogP contribution is 2.32. The van der Waals surface area contributed by atoms with E-state index in [-0.39, 0.29) is 10.5 Å². The van der Waals surface area contributed by atoms with E-state index in [1.54, 1.807) is 61.5 Å². The standard InChI is InChI=1S/C28H25ClN2O4S/c1-18-10-13-23(15-20(18)3)31-36(33,34)27-16-21(11-9-19(27)2)28(32)30-25-17-22(29)12-14-26(25)35-24-7-5-4-6-8-24/h4-17,31H,1-3H3,(H,30,32). The normalized spacial score (nSPS) is 11.1. The number of benzene rings is 4. The number of sulfonamides is 1. The first kappa shape index (κ1) is 25.3. The Kier molecular flexibility index (Phi) is 7.33. The molecule has 0 aromatic heterocycles. The first-order valence-electron chi connectivity index (χ1n) is 11.2. The van der Waals surface area contributed by atoms with E-state index in [1.807, 2.05) is 38.1 Å². The maximum atomic E-state index is 13.2. The highest BCUT2D eigenvalue weighted by molar-refractivity contribution is 7.92. The number of amides is 1. The van der Waals surface area contributed by atoms with E-state index in [0.29, 0.717) is 33.5 Å². The minimum Gasteiger partial charge on any atom is -0.455 e. The summed E-state index contributed by atoms with van der Waals surface area (Å²) in [4.78, 5) is 13.2. The molecule has 4 aromatic carbocycles. The number of carbonyl (C=O) groups excluding carboxylic acids is 1. The Morgan fingerprint density at radius 3 is 2.25 bits per heavy atom. The largest absolute Gasteiger partial charge is 0.455 e. The lowest BCUT2D eigenvalue weighted by atomic mass is 10.1. The molecule has 0 bridgehead atoms. The van der Waals surface area contributed by atoms with E-state index >= 15 is 0 Å². The van der Waals surface area contributed by atoms with Gasteiger partial charge in [-0.15, -0.1) is 0 Å². The molecule has 4 rings (SSSR count). The minimum absolute atomic E-state index is 0.0141. The van der Waals surface area contributed by atoms with Crippen LogP contribution in [-0.2, 0) is 10.0 Å². The van der Waals surface area contributed by atoms with Gasteiger partial charge in [0.1, 0.15) is 5.75 Å². The predicted octanol–water partition coefficient (Wildman–Crippen LogP) is 7.11. The monoisotopic (exact) mass is 520 g/mol. The maximum absolute atomic E-state index is 13.2. The molecule has 2 N–H and O–H groups in total. The van der Waals surface area contributed by atoms with Gasteiger partial charge in [-0.3, -0.25) is 9.52 Å². The molecule has 0 fully saturated rings. The van der Waals surface area contributed by atoms with Crippen molar-refractivity contribution in [3.63, 3.8) is 0 Å². The molecule has 0 heterocycles. The molecule has 0 aliphatic carbocycles. The van der Waals surface area contributed by atoms with Crippen molar-refractivity contribution >= 4 is 38.9 Å². The first-order chi connectivity index (χ1) is 17.1. The highest BCUT2D eigenvalue weighted by atomic mass is 35.5. The second kappa shape index (κ2) is 10.4. The van der Waals surface area contributed by atoms with E-state index in [1.165, 1.54) is 6.07 Å². The summed E-state index contributed by atoms with van der Waals surface area (Å²) in [5.74, 6) is 0.490. The summed E-state index contributed by atoms with van der Waals surface area (Å²) in [6, 6.07) is 23.9. The Morgan fingerprint density at radius 2 is 1.53 bits per heavy atom. The fraction of sp³-hybridized carbons (Fsp3) is 0.107. The quantitative estimate of drug-likeness (QED) is 0.272. The number of rotatable bonds is 7. The molecule has 0 saturated heterocycles. The molecule has 184 valence electrons. The lowest BCUT2D eigenvalue weighted by molar-refractivity contribution is 0.102. The van der Waals surface area contributed by atoms with Crippen LogP contribution in [0.4, 0.5) is 11.4 Å². The molecule has 0 radical (unpaired) electrons. The third-order valence-corrected chi connectivity index (χ3v) is 7.42. The lowest BCUT2D eigenvalue weighted by Gasteiger charge is -2.15. The van der Waals surface area contributed by atoms with Gasteiger partial charge in [-0.25, -0.2) is 8.42 Å². The summed E-state index contributed by atoms with van der Waals surface area (Å²) in [6.07, 6.45) is 0. The molecule has 1 amide bonds. The smallest absolute Gasteiger partial charge is 0.262 e. The van der Waals surface area contributed by atoms with Crippen molar-refractivity contribution < 1.29 is 17.9 Å². The van der Waals surface area contributed by atoms with Gasteiger partial charge in [-0.1, -0.05) is 41.9 Å². The number of hydrogen-bond donors (Lipinski definition) is 2. The van der Waals surface area contributed by atoms with Gasteiger partial charge < -0.3 is 10.1 Å². The molecule has 0 unspecified atom stereocenters. The molecule has 0 atom stereocenters. The molecule has 6 nitrogen and oxygen atoms in total. The number of halogens is 1. The van der Waals surface area contributed by atoms with Gasteiger partial charge in [-0.05, 0) is 92.1 Å². The van der Waals surface area contributed by atoms with Gasteiger partial charge in [0.2, 0.25) is 0 Å². The van der Waals surface area contributed by atoms with Gasteiger partial charge in [0, 0.05) is 16.3 Å². The fourth-order valence-electron chi connectivity index (χ4n) is 3.54. The lowest BCUT2D eigenvalue weighted by Crippen LogP contribution is -2.17. The van der Waals surface area contributed by atoms with Gasteiger partial charge >= 0.3 is 0 Å².